The number of nitrogens with zero attached hydrogens (tertiary/aromatic N) is 2. The zero-order chi connectivity index (χ0) is 15.5. The topological polar surface area (TPSA) is 32.8 Å². The second-order valence-corrected chi connectivity index (χ2v) is 7.42. The predicted octanol–water partition coefficient (Wildman–Crippen LogP) is -0.205. The van der Waals surface area contributed by atoms with E-state index < -0.39 is 5.60 Å². The molecule has 0 bridgehead atoms. The Hall–Kier alpha value is -0.607. The summed E-state index contributed by atoms with van der Waals surface area (Å²) in [5.41, 5.74) is 2.25. The summed E-state index contributed by atoms with van der Waals surface area (Å²) in [7, 11) is 0. The molecule has 0 spiro atoms. The standard InChI is InChI=1S/C16H23N2O2.BrH.Zn/c1-13-6-5-7-14(12-13)17-8-10-18(11-9-17)15(19)20-16(2,3)4;;/h5-7,12H,1,8-11H2,2-4H3;1H;/q;;+1/p-1. The van der Waals surface area contributed by atoms with Crippen molar-refractivity contribution in [1.29, 1.82) is 0 Å². The number of halogens is 1. The number of amides is 1. The summed E-state index contributed by atoms with van der Waals surface area (Å²) in [4.78, 5) is 16.2. The van der Waals surface area contributed by atoms with Crippen LogP contribution in [0, 0.1) is 0 Å². The molecule has 2 rings (SSSR count). The van der Waals surface area contributed by atoms with Crippen molar-refractivity contribution in [3.05, 3.63) is 29.8 Å². The largest absolute Gasteiger partial charge is 1.00 e. The minimum Gasteiger partial charge on any atom is -1.00 e. The van der Waals surface area contributed by atoms with Crippen LogP contribution in [0.2, 0.25) is 0 Å². The van der Waals surface area contributed by atoms with E-state index in [4.69, 9.17) is 4.74 Å². The van der Waals surface area contributed by atoms with Crippen LogP contribution in [0.4, 0.5) is 10.5 Å². The van der Waals surface area contributed by atoms with Crippen LogP contribution in [-0.4, -0.2) is 42.8 Å². The van der Waals surface area contributed by atoms with Crippen LogP contribution < -0.4 is 21.9 Å². The van der Waals surface area contributed by atoms with Crippen molar-refractivity contribution in [2.24, 2.45) is 0 Å². The number of benzene rings is 1. The molecule has 1 aromatic carbocycles. The summed E-state index contributed by atoms with van der Waals surface area (Å²) in [6.07, 6.45) is -0.199. The molecule has 0 atom stereocenters. The van der Waals surface area contributed by atoms with E-state index in [1.807, 2.05) is 20.8 Å². The van der Waals surface area contributed by atoms with Crippen molar-refractivity contribution < 1.29 is 44.8 Å². The molecule has 0 aromatic heterocycles. The fourth-order valence-corrected chi connectivity index (χ4v) is 3.03. The van der Waals surface area contributed by atoms with Gasteiger partial charge in [-0.05, 0) is 0 Å². The first kappa shape index (κ1) is 19.4. The third kappa shape index (κ3) is 5.55. The van der Waals surface area contributed by atoms with E-state index >= 15 is 0 Å². The summed E-state index contributed by atoms with van der Waals surface area (Å²) in [6.45, 7) is 8.88. The molecule has 6 heteroatoms. The monoisotopic (exact) mass is 418 g/mol. The molecule has 0 saturated carbocycles. The maximum absolute atomic E-state index is 12.0. The molecule has 0 radical (unpaired) electrons. The molecule has 118 valence electrons. The van der Waals surface area contributed by atoms with Crippen LogP contribution in [0.3, 0.4) is 0 Å². The number of ether oxygens (including phenoxy) is 1. The number of rotatable bonds is 2. The van der Waals surface area contributed by atoms with Crippen LogP contribution in [-0.2, 0) is 28.1 Å². The minimum absolute atomic E-state index is 0. The number of piperazine rings is 1. The van der Waals surface area contributed by atoms with Gasteiger partial charge in [-0.2, -0.15) is 0 Å². The van der Waals surface area contributed by atoms with Crippen LogP contribution in [0.15, 0.2) is 24.3 Å². The predicted molar refractivity (Wildman–Crippen MR) is 80.2 cm³/mol. The number of hydrogen-bond donors (Lipinski definition) is 0. The van der Waals surface area contributed by atoms with Gasteiger partial charge < -0.3 is 17.0 Å². The summed E-state index contributed by atoms with van der Waals surface area (Å²) in [5, 5.41) is 1.17. The van der Waals surface area contributed by atoms with E-state index in [2.05, 4.69) is 29.2 Å². The molecule has 1 fully saturated rings. The van der Waals surface area contributed by atoms with Gasteiger partial charge in [-0.3, -0.25) is 0 Å². The second-order valence-electron chi connectivity index (χ2n) is 6.37. The van der Waals surface area contributed by atoms with E-state index in [9.17, 15) is 4.79 Å². The number of carbonyl (C=O) groups is 1. The Morgan fingerprint density at radius 2 is 1.86 bits per heavy atom. The van der Waals surface area contributed by atoms with Gasteiger partial charge in [0.2, 0.25) is 0 Å². The zero-order valence-electron chi connectivity index (χ0n) is 13.6. The molecule has 1 amide bonds. The third-order valence-electron chi connectivity index (χ3n) is 3.50. The maximum atomic E-state index is 12.0. The second kappa shape index (κ2) is 8.30. The van der Waals surface area contributed by atoms with E-state index in [0.717, 1.165) is 26.2 Å². The van der Waals surface area contributed by atoms with Gasteiger partial charge in [0.05, 0.1) is 0 Å². The molecule has 0 unspecified atom stereocenters. The van der Waals surface area contributed by atoms with Gasteiger partial charge in [0.1, 0.15) is 0 Å². The number of hydrogen-bond acceptors (Lipinski definition) is 3. The molecule has 0 aliphatic carbocycles. The van der Waals surface area contributed by atoms with E-state index in [1.54, 1.807) is 4.90 Å². The smallest absolute Gasteiger partial charge is 1.00 e. The number of carbonyl (C=O) groups excluding carboxylic acids is 1. The van der Waals surface area contributed by atoms with E-state index in [0.29, 0.717) is 0 Å². The molecule has 1 aliphatic heterocycles. The summed E-state index contributed by atoms with van der Waals surface area (Å²) in [5.74, 6) is 0. The summed E-state index contributed by atoms with van der Waals surface area (Å²) >= 11 is 1.29. The molecular formula is C16H23BrN2O2Zn. The molecule has 1 aliphatic rings. The van der Waals surface area contributed by atoms with E-state index in [1.165, 1.54) is 34.6 Å². The summed E-state index contributed by atoms with van der Waals surface area (Å²) in [6, 6.07) is 8.74. The molecule has 1 saturated heterocycles. The van der Waals surface area contributed by atoms with Crippen molar-refractivity contribution in [1.82, 2.24) is 4.90 Å². The van der Waals surface area contributed by atoms with Crippen molar-refractivity contribution >= 4 is 11.8 Å². The normalized spacial score (nSPS) is 15.3. The molecule has 22 heavy (non-hydrogen) atoms. The van der Waals surface area contributed by atoms with Crippen LogP contribution in [0.25, 0.3) is 0 Å². The Balaban J connectivity index is 0.00000242. The van der Waals surface area contributed by atoms with Crippen molar-refractivity contribution in [3.63, 3.8) is 0 Å². The zero-order valence-corrected chi connectivity index (χ0v) is 18.2. The Kier molecular flexibility index (Phi) is 7.34. The molecule has 1 heterocycles. The fourth-order valence-electron chi connectivity index (χ4n) is 2.38. The van der Waals surface area contributed by atoms with Gasteiger partial charge in [0.25, 0.3) is 0 Å². The Bertz CT molecular complexity index is 497. The van der Waals surface area contributed by atoms with Crippen LogP contribution in [0.5, 0.6) is 0 Å². The molecule has 4 nitrogen and oxygen atoms in total. The maximum Gasteiger partial charge on any atom is -1.00 e. The Labute approximate surface area is 153 Å². The average Bonchev–Trinajstić information content (AvgIpc) is 2.46. The van der Waals surface area contributed by atoms with Crippen molar-refractivity contribution in [2.45, 2.75) is 31.4 Å². The van der Waals surface area contributed by atoms with Crippen LogP contribution in [0.1, 0.15) is 26.3 Å². The average molecular weight is 421 g/mol. The third-order valence-corrected chi connectivity index (χ3v) is 4.71. The summed E-state index contributed by atoms with van der Waals surface area (Å²) < 4.78 is 5.43. The first-order chi connectivity index (χ1) is 9.89. The van der Waals surface area contributed by atoms with Gasteiger partial charge in [-0.25, -0.2) is 0 Å². The first-order valence-electron chi connectivity index (χ1n) is 7.50. The molecule has 1 aromatic rings. The Morgan fingerprint density at radius 3 is 2.41 bits per heavy atom. The van der Waals surface area contributed by atoms with Gasteiger partial charge in [0, 0.05) is 0 Å². The molecule has 0 N–H and O–H groups in total. The molecular weight excluding hydrogens is 397 g/mol. The van der Waals surface area contributed by atoms with Crippen LogP contribution >= 0.6 is 0 Å². The fraction of sp³-hybridized carbons (Fsp3) is 0.562. The van der Waals surface area contributed by atoms with Crippen molar-refractivity contribution in [3.8, 4) is 0 Å². The van der Waals surface area contributed by atoms with E-state index in [-0.39, 0.29) is 23.1 Å². The van der Waals surface area contributed by atoms with Gasteiger partial charge in [0.15, 0.2) is 0 Å². The number of anilines is 1. The Morgan fingerprint density at radius 1 is 1.23 bits per heavy atom. The van der Waals surface area contributed by atoms with Gasteiger partial charge in [-0.1, -0.05) is 0 Å². The minimum atomic E-state index is -0.423. The van der Waals surface area contributed by atoms with Crippen molar-refractivity contribution in [2.75, 3.05) is 31.1 Å². The van der Waals surface area contributed by atoms with Gasteiger partial charge in [-0.15, -0.1) is 0 Å². The SMILES string of the molecule is CC(C)(C)OC(=O)N1CCN(c2cccc([CH2][Zn+])c2)CC1.[Br-]. The quantitative estimate of drug-likeness (QED) is 0.621. The van der Waals surface area contributed by atoms with Gasteiger partial charge >= 0.3 is 137 Å². The first-order valence-corrected chi connectivity index (χ1v) is 9.60.